The van der Waals surface area contributed by atoms with Crippen molar-refractivity contribution in [1.82, 2.24) is 9.78 Å². The summed E-state index contributed by atoms with van der Waals surface area (Å²) in [6.45, 7) is 4.79. The molecule has 18 heavy (non-hydrogen) atoms. The smallest absolute Gasteiger partial charge is 0.119 e. The van der Waals surface area contributed by atoms with E-state index in [9.17, 15) is 0 Å². The van der Waals surface area contributed by atoms with E-state index in [2.05, 4.69) is 17.3 Å². The lowest BCUT2D eigenvalue weighted by atomic mass is 10.2. The molecule has 4 heteroatoms. The highest BCUT2D eigenvalue weighted by atomic mass is 16.5. The second-order valence-corrected chi connectivity index (χ2v) is 4.27. The van der Waals surface area contributed by atoms with Crippen molar-refractivity contribution >= 4 is 5.69 Å². The quantitative estimate of drug-likeness (QED) is 0.880. The maximum Gasteiger partial charge on any atom is 0.119 e. The third-order valence-corrected chi connectivity index (χ3v) is 2.77. The van der Waals surface area contributed by atoms with Crippen LogP contribution in [0.2, 0.25) is 0 Å². The van der Waals surface area contributed by atoms with Crippen LogP contribution in [0, 0.1) is 0 Å². The summed E-state index contributed by atoms with van der Waals surface area (Å²) in [7, 11) is 1.92. The summed E-state index contributed by atoms with van der Waals surface area (Å²) in [5, 5.41) is 7.61. The topological polar surface area (TPSA) is 39.1 Å². The molecular formula is C14H19N3O. The molecule has 0 saturated heterocycles. The van der Waals surface area contributed by atoms with Crippen molar-refractivity contribution in [3.8, 4) is 5.75 Å². The van der Waals surface area contributed by atoms with Gasteiger partial charge in [-0.3, -0.25) is 4.68 Å². The van der Waals surface area contributed by atoms with Gasteiger partial charge in [-0.15, -0.1) is 0 Å². The molecule has 2 aromatic rings. The number of hydrogen-bond acceptors (Lipinski definition) is 3. The highest BCUT2D eigenvalue weighted by Gasteiger charge is 2.07. The van der Waals surface area contributed by atoms with Crippen molar-refractivity contribution in [3.63, 3.8) is 0 Å². The summed E-state index contributed by atoms with van der Waals surface area (Å²) < 4.78 is 7.22. The second-order valence-electron chi connectivity index (χ2n) is 4.27. The van der Waals surface area contributed by atoms with Crippen LogP contribution in [-0.2, 0) is 7.05 Å². The zero-order valence-electron chi connectivity index (χ0n) is 11.1. The van der Waals surface area contributed by atoms with Crippen LogP contribution in [0.3, 0.4) is 0 Å². The van der Waals surface area contributed by atoms with E-state index < -0.39 is 0 Å². The molecule has 0 saturated carbocycles. The summed E-state index contributed by atoms with van der Waals surface area (Å²) in [5.41, 5.74) is 2.25. The average Bonchev–Trinajstić information content (AvgIpc) is 2.79. The van der Waals surface area contributed by atoms with E-state index in [0.29, 0.717) is 6.61 Å². The summed E-state index contributed by atoms with van der Waals surface area (Å²) in [6.07, 6.45) is 3.90. The van der Waals surface area contributed by atoms with Crippen LogP contribution in [0.5, 0.6) is 5.75 Å². The summed E-state index contributed by atoms with van der Waals surface area (Å²) in [6, 6.07) is 8.23. The van der Waals surface area contributed by atoms with Gasteiger partial charge in [0.15, 0.2) is 0 Å². The molecule has 1 aromatic heterocycles. The Morgan fingerprint density at radius 2 is 2.06 bits per heavy atom. The number of anilines is 1. The molecule has 0 radical (unpaired) electrons. The van der Waals surface area contributed by atoms with Gasteiger partial charge in [-0.1, -0.05) is 0 Å². The molecule has 0 amide bonds. The predicted octanol–water partition coefficient (Wildman–Crippen LogP) is 2.99. The maximum atomic E-state index is 5.41. The molecule has 1 aromatic carbocycles. The van der Waals surface area contributed by atoms with Crippen molar-refractivity contribution in [2.45, 2.75) is 19.9 Å². The molecule has 1 heterocycles. The van der Waals surface area contributed by atoms with Gasteiger partial charge in [-0.25, -0.2) is 0 Å². The van der Waals surface area contributed by atoms with Crippen LogP contribution in [0.15, 0.2) is 36.7 Å². The van der Waals surface area contributed by atoms with Crippen molar-refractivity contribution in [3.05, 3.63) is 42.2 Å². The van der Waals surface area contributed by atoms with Crippen LogP contribution in [0.25, 0.3) is 0 Å². The Hall–Kier alpha value is -1.97. The number of nitrogens with one attached hydrogen (secondary N) is 1. The molecule has 1 atom stereocenters. The molecule has 96 valence electrons. The van der Waals surface area contributed by atoms with Crippen LogP contribution < -0.4 is 10.1 Å². The van der Waals surface area contributed by atoms with Crippen LogP contribution in [0.1, 0.15) is 25.5 Å². The second kappa shape index (κ2) is 5.58. The Morgan fingerprint density at radius 3 is 2.61 bits per heavy atom. The van der Waals surface area contributed by atoms with Crippen molar-refractivity contribution in [1.29, 1.82) is 0 Å². The molecule has 0 spiro atoms. The van der Waals surface area contributed by atoms with E-state index >= 15 is 0 Å². The summed E-state index contributed by atoms with van der Waals surface area (Å²) in [4.78, 5) is 0. The number of ether oxygens (including phenoxy) is 1. The Kier molecular flexibility index (Phi) is 3.87. The fraction of sp³-hybridized carbons (Fsp3) is 0.357. The fourth-order valence-corrected chi connectivity index (χ4v) is 1.81. The fourth-order valence-electron chi connectivity index (χ4n) is 1.81. The molecular weight excluding hydrogens is 226 g/mol. The Balaban J connectivity index is 2.00. The van der Waals surface area contributed by atoms with Crippen molar-refractivity contribution in [2.75, 3.05) is 11.9 Å². The van der Waals surface area contributed by atoms with Crippen LogP contribution >= 0.6 is 0 Å². The van der Waals surface area contributed by atoms with E-state index in [-0.39, 0.29) is 6.04 Å². The Morgan fingerprint density at radius 1 is 1.33 bits per heavy atom. The largest absolute Gasteiger partial charge is 0.494 e. The molecule has 0 aliphatic heterocycles. The Bertz CT molecular complexity index is 490. The minimum atomic E-state index is 0.233. The molecule has 4 nitrogen and oxygen atoms in total. The van der Waals surface area contributed by atoms with Crippen LogP contribution in [0.4, 0.5) is 5.69 Å². The third-order valence-electron chi connectivity index (χ3n) is 2.77. The minimum absolute atomic E-state index is 0.233. The zero-order chi connectivity index (χ0) is 13.0. The molecule has 1 unspecified atom stereocenters. The molecule has 1 N–H and O–H groups in total. The Labute approximate surface area is 108 Å². The predicted molar refractivity (Wildman–Crippen MR) is 72.9 cm³/mol. The summed E-state index contributed by atoms with van der Waals surface area (Å²) >= 11 is 0. The lowest BCUT2D eigenvalue weighted by Gasteiger charge is -2.14. The molecule has 0 bridgehead atoms. The van der Waals surface area contributed by atoms with E-state index in [0.717, 1.165) is 11.4 Å². The van der Waals surface area contributed by atoms with Gasteiger partial charge in [0, 0.05) is 24.5 Å². The van der Waals surface area contributed by atoms with E-state index in [1.807, 2.05) is 55.3 Å². The lowest BCUT2D eigenvalue weighted by Crippen LogP contribution is -2.05. The zero-order valence-corrected chi connectivity index (χ0v) is 11.1. The SMILES string of the molecule is CCOc1ccc(NC(C)c2cnn(C)c2)cc1. The number of aryl methyl sites for hydroxylation is 1. The third kappa shape index (κ3) is 3.03. The molecule has 0 aliphatic rings. The first kappa shape index (κ1) is 12.5. The van der Waals surface area contributed by atoms with Gasteiger partial charge in [-0.05, 0) is 38.1 Å². The molecule has 0 fully saturated rings. The number of nitrogens with zero attached hydrogens (tertiary/aromatic N) is 2. The number of rotatable bonds is 5. The monoisotopic (exact) mass is 245 g/mol. The maximum absolute atomic E-state index is 5.41. The van der Waals surface area contributed by atoms with E-state index in [1.165, 1.54) is 5.56 Å². The first-order chi connectivity index (χ1) is 8.69. The van der Waals surface area contributed by atoms with Gasteiger partial charge in [0.05, 0.1) is 18.8 Å². The summed E-state index contributed by atoms with van der Waals surface area (Å²) in [5.74, 6) is 0.900. The van der Waals surface area contributed by atoms with Crippen LogP contribution in [-0.4, -0.2) is 16.4 Å². The van der Waals surface area contributed by atoms with Gasteiger partial charge in [0.1, 0.15) is 5.75 Å². The average molecular weight is 245 g/mol. The first-order valence-electron chi connectivity index (χ1n) is 6.17. The lowest BCUT2D eigenvalue weighted by molar-refractivity contribution is 0.340. The van der Waals surface area contributed by atoms with Gasteiger partial charge in [0.25, 0.3) is 0 Å². The normalized spacial score (nSPS) is 12.2. The van der Waals surface area contributed by atoms with Crippen molar-refractivity contribution < 1.29 is 4.74 Å². The molecule has 2 rings (SSSR count). The first-order valence-corrected chi connectivity index (χ1v) is 6.17. The number of benzene rings is 1. The highest BCUT2D eigenvalue weighted by Crippen LogP contribution is 2.21. The van der Waals surface area contributed by atoms with Crippen molar-refractivity contribution in [2.24, 2.45) is 7.05 Å². The van der Waals surface area contributed by atoms with Gasteiger partial charge < -0.3 is 10.1 Å². The van der Waals surface area contributed by atoms with Gasteiger partial charge in [0.2, 0.25) is 0 Å². The van der Waals surface area contributed by atoms with E-state index in [1.54, 1.807) is 0 Å². The number of aromatic nitrogens is 2. The van der Waals surface area contributed by atoms with Gasteiger partial charge in [-0.2, -0.15) is 5.10 Å². The van der Waals surface area contributed by atoms with E-state index in [4.69, 9.17) is 4.74 Å². The minimum Gasteiger partial charge on any atom is -0.494 e. The number of hydrogen-bond donors (Lipinski definition) is 1. The highest BCUT2D eigenvalue weighted by molar-refractivity contribution is 5.47. The molecule has 0 aliphatic carbocycles. The van der Waals surface area contributed by atoms with Gasteiger partial charge >= 0.3 is 0 Å². The standard InChI is InChI=1S/C14H19N3O/c1-4-18-14-7-5-13(6-8-14)16-11(2)12-9-15-17(3)10-12/h5-11,16H,4H2,1-3H3.